The van der Waals surface area contributed by atoms with Gasteiger partial charge in [0.15, 0.2) is 12.4 Å². The lowest BCUT2D eigenvalue weighted by atomic mass is 10.1. The van der Waals surface area contributed by atoms with Crippen LogP contribution in [0.5, 0.6) is 17.2 Å². The number of hydrogen-bond donors (Lipinski definition) is 3. The molecule has 0 spiro atoms. The van der Waals surface area contributed by atoms with Gasteiger partial charge in [-0.1, -0.05) is 36.0 Å². The zero-order chi connectivity index (χ0) is 30.3. The fraction of sp³-hybridized carbons (Fsp3) is 0.267. The number of carbonyl (C=O) groups is 4. The SMILES string of the molecule is CN(C(=O)O)c1cc(Oc2ccccc2N2CCOCC2)ccc1NC(=O)COc1ccc(CC2SC(=O)NC2=O)cc1. The number of para-hydroxylation sites is 2. The molecule has 4 amide bonds. The first-order chi connectivity index (χ1) is 20.8. The van der Waals surface area contributed by atoms with Crippen LogP contribution in [0.25, 0.3) is 0 Å². The van der Waals surface area contributed by atoms with Gasteiger partial charge in [0.25, 0.3) is 11.1 Å². The molecule has 0 aromatic heterocycles. The monoisotopic (exact) mass is 606 g/mol. The Morgan fingerprint density at radius 1 is 1.07 bits per heavy atom. The topological polar surface area (TPSA) is 147 Å². The highest BCUT2D eigenvalue weighted by Gasteiger charge is 2.31. The Balaban J connectivity index is 1.23. The van der Waals surface area contributed by atoms with Crippen LogP contribution in [0.2, 0.25) is 0 Å². The minimum absolute atomic E-state index is 0.221. The average Bonchev–Trinajstić information content (AvgIpc) is 3.33. The summed E-state index contributed by atoms with van der Waals surface area (Å²) in [4.78, 5) is 50.9. The number of carboxylic acid groups (broad SMARTS) is 1. The molecule has 0 saturated carbocycles. The molecule has 2 saturated heterocycles. The van der Waals surface area contributed by atoms with Gasteiger partial charge in [0, 0.05) is 26.2 Å². The van der Waals surface area contributed by atoms with Crippen molar-refractivity contribution < 1.29 is 38.5 Å². The molecule has 224 valence electrons. The molecular formula is C30H30N4O8S. The number of anilines is 3. The smallest absolute Gasteiger partial charge is 0.411 e. The maximum absolute atomic E-state index is 12.8. The maximum atomic E-state index is 12.8. The number of rotatable bonds is 10. The second-order valence-corrected chi connectivity index (χ2v) is 10.9. The van der Waals surface area contributed by atoms with Gasteiger partial charge in [-0.25, -0.2) is 4.79 Å². The first-order valence-electron chi connectivity index (χ1n) is 13.5. The lowest BCUT2D eigenvalue weighted by molar-refractivity contribution is -0.119. The molecule has 13 heteroatoms. The molecule has 0 bridgehead atoms. The summed E-state index contributed by atoms with van der Waals surface area (Å²) in [6.07, 6.45) is -0.822. The van der Waals surface area contributed by atoms with Crippen LogP contribution in [-0.4, -0.2) is 73.5 Å². The Kier molecular flexibility index (Phi) is 9.32. The van der Waals surface area contributed by atoms with E-state index in [2.05, 4.69) is 15.5 Å². The van der Waals surface area contributed by atoms with E-state index in [9.17, 15) is 24.3 Å². The standard InChI is InChI=1S/C30H30N4O8S/c1-33(30(38)39)24-17-21(42-25-5-3-2-4-23(25)34-12-14-40-15-13-34)10-11-22(24)31-27(35)18-41-20-8-6-19(7-9-20)16-26-28(36)32-29(37)43-26/h2-11,17,26H,12-16,18H2,1H3,(H,31,35)(H,38,39)(H,32,36,37). The van der Waals surface area contributed by atoms with E-state index < -0.39 is 17.3 Å². The van der Waals surface area contributed by atoms with Gasteiger partial charge < -0.3 is 29.5 Å². The quantitative estimate of drug-likeness (QED) is 0.305. The molecule has 2 heterocycles. The number of nitrogens with zero attached hydrogens (tertiary/aromatic N) is 2. The van der Waals surface area contributed by atoms with E-state index in [1.54, 1.807) is 42.5 Å². The molecule has 43 heavy (non-hydrogen) atoms. The number of ether oxygens (including phenoxy) is 3. The average molecular weight is 607 g/mol. The van der Waals surface area contributed by atoms with Crippen LogP contribution in [0.1, 0.15) is 5.56 Å². The summed E-state index contributed by atoms with van der Waals surface area (Å²) in [5.74, 6) is 0.647. The summed E-state index contributed by atoms with van der Waals surface area (Å²) in [5, 5.41) is 13.8. The summed E-state index contributed by atoms with van der Waals surface area (Å²) >= 11 is 0.962. The number of carbonyl (C=O) groups excluding carboxylic acids is 3. The van der Waals surface area contributed by atoms with E-state index in [-0.39, 0.29) is 29.1 Å². The third kappa shape index (κ3) is 7.56. The van der Waals surface area contributed by atoms with Crippen LogP contribution >= 0.6 is 11.8 Å². The molecule has 5 rings (SSSR count). The molecule has 2 fully saturated rings. The molecule has 1 atom stereocenters. The fourth-order valence-corrected chi connectivity index (χ4v) is 5.46. The highest BCUT2D eigenvalue weighted by Crippen LogP contribution is 2.36. The second kappa shape index (κ2) is 13.5. The molecule has 2 aliphatic rings. The normalized spacial score (nSPS) is 16.4. The third-order valence-electron chi connectivity index (χ3n) is 6.82. The van der Waals surface area contributed by atoms with Gasteiger partial charge in [-0.2, -0.15) is 0 Å². The third-order valence-corrected chi connectivity index (χ3v) is 7.80. The van der Waals surface area contributed by atoms with Crippen LogP contribution in [0.15, 0.2) is 66.7 Å². The predicted octanol–water partition coefficient (Wildman–Crippen LogP) is 4.34. The number of hydrogen-bond acceptors (Lipinski definition) is 9. The van der Waals surface area contributed by atoms with Crippen molar-refractivity contribution in [2.45, 2.75) is 11.7 Å². The highest BCUT2D eigenvalue weighted by molar-refractivity contribution is 8.15. The van der Waals surface area contributed by atoms with E-state index in [4.69, 9.17) is 14.2 Å². The van der Waals surface area contributed by atoms with Crippen LogP contribution in [0.3, 0.4) is 0 Å². The van der Waals surface area contributed by atoms with Crippen molar-refractivity contribution in [3.8, 4) is 17.2 Å². The van der Waals surface area contributed by atoms with Crippen LogP contribution < -0.4 is 29.9 Å². The molecule has 0 radical (unpaired) electrons. The van der Waals surface area contributed by atoms with E-state index in [0.29, 0.717) is 36.9 Å². The van der Waals surface area contributed by atoms with Crippen molar-refractivity contribution in [2.24, 2.45) is 0 Å². The predicted molar refractivity (Wildman–Crippen MR) is 162 cm³/mol. The number of thioether (sulfide) groups is 1. The van der Waals surface area contributed by atoms with Crippen molar-refractivity contribution in [2.75, 3.05) is 55.1 Å². The minimum atomic E-state index is -1.21. The Morgan fingerprint density at radius 2 is 1.79 bits per heavy atom. The largest absolute Gasteiger partial charge is 0.484 e. The minimum Gasteiger partial charge on any atom is -0.484 e. The lowest BCUT2D eigenvalue weighted by Crippen LogP contribution is -2.36. The molecule has 3 aromatic rings. The van der Waals surface area contributed by atoms with Crippen LogP contribution in [-0.2, 0) is 20.7 Å². The van der Waals surface area contributed by atoms with Crippen LogP contribution in [0, 0.1) is 0 Å². The van der Waals surface area contributed by atoms with E-state index in [1.807, 2.05) is 24.3 Å². The number of imide groups is 1. The number of morpholine rings is 1. The number of benzene rings is 3. The molecule has 3 N–H and O–H groups in total. The maximum Gasteiger partial charge on any atom is 0.411 e. The second-order valence-electron chi connectivity index (χ2n) is 9.76. The van der Waals surface area contributed by atoms with E-state index in [1.165, 1.54) is 7.05 Å². The zero-order valence-electron chi connectivity index (χ0n) is 23.3. The summed E-state index contributed by atoms with van der Waals surface area (Å²) in [6.45, 7) is 2.37. The van der Waals surface area contributed by atoms with Crippen LogP contribution in [0.4, 0.5) is 26.7 Å². The summed E-state index contributed by atoms with van der Waals surface area (Å²) in [7, 11) is 1.38. The van der Waals surface area contributed by atoms with E-state index >= 15 is 0 Å². The van der Waals surface area contributed by atoms with Gasteiger partial charge in [0.2, 0.25) is 5.91 Å². The van der Waals surface area contributed by atoms with Gasteiger partial charge in [-0.3, -0.25) is 24.6 Å². The number of amides is 4. The van der Waals surface area contributed by atoms with Crippen molar-refractivity contribution in [1.82, 2.24) is 5.32 Å². The van der Waals surface area contributed by atoms with Crippen molar-refractivity contribution in [1.29, 1.82) is 0 Å². The fourth-order valence-electron chi connectivity index (χ4n) is 4.60. The lowest BCUT2D eigenvalue weighted by Gasteiger charge is -2.30. The molecule has 1 unspecified atom stereocenters. The number of nitrogens with one attached hydrogen (secondary N) is 2. The Bertz CT molecular complexity index is 1510. The Hall–Kier alpha value is -4.75. The summed E-state index contributed by atoms with van der Waals surface area (Å²) < 4.78 is 17.2. The van der Waals surface area contributed by atoms with Gasteiger partial charge in [-0.15, -0.1) is 0 Å². The van der Waals surface area contributed by atoms with Gasteiger partial charge in [0.05, 0.1) is 35.5 Å². The Morgan fingerprint density at radius 3 is 2.49 bits per heavy atom. The molecule has 3 aromatic carbocycles. The van der Waals surface area contributed by atoms with Crippen molar-refractivity contribution in [3.05, 3.63) is 72.3 Å². The highest BCUT2D eigenvalue weighted by atomic mass is 32.2. The first kappa shape index (κ1) is 29.7. The first-order valence-corrected chi connectivity index (χ1v) is 14.4. The molecule has 12 nitrogen and oxygen atoms in total. The Labute approximate surface area is 251 Å². The molecule has 0 aliphatic carbocycles. The summed E-state index contributed by atoms with van der Waals surface area (Å²) in [5.41, 5.74) is 2.23. The summed E-state index contributed by atoms with van der Waals surface area (Å²) in [6, 6.07) is 19.2. The van der Waals surface area contributed by atoms with Gasteiger partial charge >= 0.3 is 6.09 Å². The van der Waals surface area contributed by atoms with Gasteiger partial charge in [-0.05, 0) is 48.4 Å². The van der Waals surface area contributed by atoms with Crippen molar-refractivity contribution in [3.63, 3.8) is 0 Å². The zero-order valence-corrected chi connectivity index (χ0v) is 24.1. The van der Waals surface area contributed by atoms with Gasteiger partial charge in [0.1, 0.15) is 11.5 Å². The molecule has 2 aliphatic heterocycles. The van der Waals surface area contributed by atoms with E-state index in [0.717, 1.165) is 41.0 Å². The molecular weight excluding hydrogens is 576 g/mol. The van der Waals surface area contributed by atoms with Crippen molar-refractivity contribution >= 4 is 52.0 Å².